The molecule has 130 valence electrons. The number of alkyl halides is 4. The summed E-state index contributed by atoms with van der Waals surface area (Å²) in [7, 11) is -4.63. The van der Waals surface area contributed by atoms with Gasteiger partial charge in [-0.3, -0.25) is 0 Å². The SMILES string of the molecule is O=S(=O)(c1ccc(NCc2cccc(OC(F)F)c2)cc1)C(F)F. The maximum absolute atomic E-state index is 12.4. The fraction of sp³-hybridized carbons (Fsp3) is 0.200. The Morgan fingerprint density at radius 3 is 2.25 bits per heavy atom. The molecule has 0 unspecified atom stereocenters. The van der Waals surface area contributed by atoms with E-state index < -0.39 is 27.1 Å². The summed E-state index contributed by atoms with van der Waals surface area (Å²) in [5.41, 5.74) is 1.14. The standard InChI is InChI=1S/C15H13F4NO3S/c16-14(17)23-12-3-1-2-10(8-12)9-20-11-4-6-13(7-5-11)24(21,22)15(18)19/h1-8,14-15,20H,9H2. The summed E-state index contributed by atoms with van der Waals surface area (Å²) in [4.78, 5) is -0.476. The zero-order valence-corrected chi connectivity index (χ0v) is 12.9. The smallest absolute Gasteiger partial charge is 0.387 e. The number of rotatable bonds is 7. The van der Waals surface area contributed by atoms with Gasteiger partial charge in [0.25, 0.3) is 0 Å². The van der Waals surface area contributed by atoms with Crippen LogP contribution in [0.25, 0.3) is 0 Å². The van der Waals surface area contributed by atoms with E-state index in [9.17, 15) is 26.0 Å². The quantitative estimate of drug-likeness (QED) is 0.758. The van der Waals surface area contributed by atoms with E-state index in [4.69, 9.17) is 0 Å². The van der Waals surface area contributed by atoms with Gasteiger partial charge in [-0.05, 0) is 42.0 Å². The number of nitrogens with one attached hydrogen (secondary N) is 1. The van der Waals surface area contributed by atoms with Crippen LogP contribution in [0.15, 0.2) is 53.4 Å². The Morgan fingerprint density at radius 2 is 1.67 bits per heavy atom. The summed E-state index contributed by atoms with van der Waals surface area (Å²) < 4.78 is 76.1. The molecule has 2 aromatic rings. The van der Waals surface area contributed by atoms with Crippen LogP contribution in [0.5, 0.6) is 5.75 Å². The van der Waals surface area contributed by atoms with Gasteiger partial charge in [0.05, 0.1) is 4.90 Å². The molecule has 0 fully saturated rings. The Hall–Kier alpha value is -2.29. The van der Waals surface area contributed by atoms with Gasteiger partial charge in [-0.25, -0.2) is 8.42 Å². The number of hydrogen-bond donors (Lipinski definition) is 1. The maximum atomic E-state index is 12.4. The predicted octanol–water partition coefficient (Wildman–Crippen LogP) is 3.90. The highest BCUT2D eigenvalue weighted by molar-refractivity contribution is 7.91. The molecule has 9 heteroatoms. The second kappa shape index (κ2) is 7.52. The molecule has 0 radical (unpaired) electrons. The van der Waals surface area contributed by atoms with Crippen molar-refractivity contribution in [3.8, 4) is 5.75 Å². The van der Waals surface area contributed by atoms with Gasteiger partial charge in [-0.1, -0.05) is 12.1 Å². The Kier molecular flexibility index (Phi) is 5.66. The van der Waals surface area contributed by atoms with Gasteiger partial charge in [0, 0.05) is 12.2 Å². The van der Waals surface area contributed by atoms with Gasteiger partial charge < -0.3 is 10.1 Å². The highest BCUT2D eigenvalue weighted by Crippen LogP contribution is 2.21. The molecule has 0 aliphatic heterocycles. The molecule has 0 saturated heterocycles. The van der Waals surface area contributed by atoms with Gasteiger partial charge in [0.2, 0.25) is 9.84 Å². The molecule has 24 heavy (non-hydrogen) atoms. The van der Waals surface area contributed by atoms with Gasteiger partial charge in [0.1, 0.15) is 5.75 Å². The van der Waals surface area contributed by atoms with E-state index >= 15 is 0 Å². The Labute approximate surface area is 136 Å². The highest BCUT2D eigenvalue weighted by atomic mass is 32.2. The van der Waals surface area contributed by atoms with Gasteiger partial charge >= 0.3 is 12.4 Å². The van der Waals surface area contributed by atoms with Crippen molar-refractivity contribution in [1.82, 2.24) is 0 Å². The van der Waals surface area contributed by atoms with E-state index in [1.807, 2.05) is 0 Å². The first-order valence-corrected chi connectivity index (χ1v) is 8.23. The lowest BCUT2D eigenvalue weighted by atomic mass is 10.2. The van der Waals surface area contributed by atoms with Crippen LogP contribution < -0.4 is 10.1 Å². The number of ether oxygens (including phenoxy) is 1. The van der Waals surface area contributed by atoms with E-state index in [1.54, 1.807) is 12.1 Å². The van der Waals surface area contributed by atoms with E-state index in [-0.39, 0.29) is 12.3 Å². The van der Waals surface area contributed by atoms with Crippen LogP contribution in [-0.4, -0.2) is 20.8 Å². The van der Waals surface area contributed by atoms with Crippen LogP contribution in [-0.2, 0) is 16.4 Å². The third-order valence-corrected chi connectivity index (χ3v) is 4.44. The summed E-state index contributed by atoms with van der Waals surface area (Å²) in [5, 5.41) is 2.92. The topological polar surface area (TPSA) is 55.4 Å². The molecule has 0 saturated carbocycles. The van der Waals surface area contributed by atoms with Crippen LogP contribution in [0.3, 0.4) is 0 Å². The zero-order chi connectivity index (χ0) is 17.7. The van der Waals surface area contributed by atoms with E-state index in [0.29, 0.717) is 11.3 Å². The molecule has 0 atom stereocenters. The van der Waals surface area contributed by atoms with Crippen LogP contribution in [0.1, 0.15) is 5.56 Å². The lowest BCUT2D eigenvalue weighted by molar-refractivity contribution is -0.0498. The van der Waals surface area contributed by atoms with Gasteiger partial charge in [0.15, 0.2) is 0 Å². The fourth-order valence-corrected chi connectivity index (χ4v) is 2.62. The molecule has 0 heterocycles. The van der Waals surface area contributed by atoms with Crippen molar-refractivity contribution in [2.24, 2.45) is 0 Å². The third kappa shape index (κ3) is 4.60. The first-order chi connectivity index (χ1) is 11.3. The first kappa shape index (κ1) is 18.1. The fourth-order valence-electron chi connectivity index (χ4n) is 1.90. The largest absolute Gasteiger partial charge is 0.435 e. The van der Waals surface area contributed by atoms with Crippen molar-refractivity contribution in [3.05, 3.63) is 54.1 Å². The van der Waals surface area contributed by atoms with Crippen molar-refractivity contribution < 1.29 is 30.7 Å². The molecule has 0 amide bonds. The van der Waals surface area contributed by atoms with E-state index in [1.165, 1.54) is 24.3 Å². The molecule has 0 aliphatic carbocycles. The highest BCUT2D eigenvalue weighted by Gasteiger charge is 2.26. The summed E-state index contributed by atoms with van der Waals surface area (Å²) in [6.45, 7) is -2.67. The van der Waals surface area contributed by atoms with Crippen LogP contribution >= 0.6 is 0 Å². The molecular formula is C15H13F4NO3S. The van der Waals surface area contributed by atoms with Crippen LogP contribution in [0.4, 0.5) is 23.2 Å². The minimum atomic E-state index is -4.63. The second-order valence-corrected chi connectivity index (χ2v) is 6.63. The minimum absolute atomic E-state index is 0.0164. The molecular weight excluding hydrogens is 350 g/mol. The monoisotopic (exact) mass is 363 g/mol. The molecule has 2 rings (SSSR count). The summed E-state index contributed by atoms with van der Waals surface area (Å²) in [5.74, 6) is -3.46. The van der Waals surface area contributed by atoms with Crippen molar-refractivity contribution in [1.29, 1.82) is 0 Å². The molecule has 1 N–H and O–H groups in total. The lowest BCUT2D eigenvalue weighted by Gasteiger charge is -2.10. The predicted molar refractivity (Wildman–Crippen MR) is 80.0 cm³/mol. The Bertz CT molecular complexity index is 780. The average Bonchev–Trinajstić information content (AvgIpc) is 2.53. The minimum Gasteiger partial charge on any atom is -0.435 e. The first-order valence-electron chi connectivity index (χ1n) is 6.69. The summed E-state index contributed by atoms with van der Waals surface area (Å²) in [6.07, 6.45) is 0. The zero-order valence-electron chi connectivity index (χ0n) is 12.1. The molecule has 0 spiro atoms. The third-order valence-electron chi connectivity index (χ3n) is 3.04. The molecule has 0 bridgehead atoms. The van der Waals surface area contributed by atoms with Crippen molar-refractivity contribution in [2.45, 2.75) is 23.8 Å². The molecule has 0 aromatic heterocycles. The van der Waals surface area contributed by atoms with Gasteiger partial charge in [-0.15, -0.1) is 0 Å². The van der Waals surface area contributed by atoms with E-state index in [2.05, 4.69) is 10.1 Å². The summed E-state index contributed by atoms with van der Waals surface area (Å²) >= 11 is 0. The van der Waals surface area contributed by atoms with Crippen LogP contribution in [0.2, 0.25) is 0 Å². The Balaban J connectivity index is 2.03. The van der Waals surface area contributed by atoms with Crippen molar-refractivity contribution in [2.75, 3.05) is 5.32 Å². The Morgan fingerprint density at radius 1 is 1.00 bits per heavy atom. The second-order valence-electron chi connectivity index (χ2n) is 4.71. The molecule has 2 aromatic carbocycles. The molecule has 0 aliphatic rings. The number of hydrogen-bond acceptors (Lipinski definition) is 4. The van der Waals surface area contributed by atoms with Crippen LogP contribution in [0, 0.1) is 0 Å². The number of sulfone groups is 1. The number of halogens is 4. The maximum Gasteiger partial charge on any atom is 0.387 e. The summed E-state index contributed by atoms with van der Waals surface area (Å²) in [6, 6.07) is 10.9. The molecule has 4 nitrogen and oxygen atoms in total. The van der Waals surface area contributed by atoms with Gasteiger partial charge in [-0.2, -0.15) is 17.6 Å². The number of anilines is 1. The van der Waals surface area contributed by atoms with Crippen molar-refractivity contribution in [3.63, 3.8) is 0 Å². The van der Waals surface area contributed by atoms with E-state index in [0.717, 1.165) is 12.1 Å². The van der Waals surface area contributed by atoms with Crippen molar-refractivity contribution >= 4 is 15.5 Å². The lowest BCUT2D eigenvalue weighted by Crippen LogP contribution is -2.11. The normalized spacial score (nSPS) is 11.8. The number of benzene rings is 2. The average molecular weight is 363 g/mol.